The van der Waals surface area contributed by atoms with Gasteiger partial charge in [-0.25, -0.2) is 0 Å². The number of rotatable bonds is 2. The van der Waals surface area contributed by atoms with Crippen molar-refractivity contribution in [1.29, 1.82) is 0 Å². The van der Waals surface area contributed by atoms with Gasteiger partial charge in [-0.3, -0.25) is 0 Å². The van der Waals surface area contributed by atoms with Crippen LogP contribution in [0.2, 0.25) is 0 Å². The van der Waals surface area contributed by atoms with Crippen LogP contribution in [0.3, 0.4) is 0 Å². The van der Waals surface area contributed by atoms with Crippen molar-refractivity contribution in [3.05, 3.63) is 14.4 Å². The normalized spacial score (nSPS) is 7.86. The first kappa shape index (κ1) is 10.5. The molecule has 1 heteroatoms. The predicted molar refractivity (Wildman–Crippen MR) is 31.3 cm³/mol. The molecule has 0 fully saturated rings. The Morgan fingerprint density at radius 3 is 2.43 bits per heavy atom. The fourth-order valence-corrected chi connectivity index (χ4v) is 0.177. The summed E-state index contributed by atoms with van der Waals surface area (Å²) in [5, 5.41) is 0. The van der Waals surface area contributed by atoms with Crippen molar-refractivity contribution in [2.75, 3.05) is 0 Å². The van der Waals surface area contributed by atoms with E-state index >= 15 is 0 Å². The monoisotopic (exact) mass is 139 g/mol. The van der Waals surface area contributed by atoms with Crippen LogP contribution in [0, 0.1) is 14.4 Å². The third kappa shape index (κ3) is 20.7. The number of hydrogen-bond acceptors (Lipinski definition) is 0. The van der Waals surface area contributed by atoms with E-state index in [9.17, 15) is 0 Å². The third-order valence-corrected chi connectivity index (χ3v) is 0.500. The van der Waals surface area contributed by atoms with Crippen LogP contribution >= 0.6 is 0 Å². The molecular weight excluding hydrogens is 123 g/mol. The Balaban J connectivity index is -0.000000125. The molecule has 0 aliphatic heterocycles. The van der Waals surface area contributed by atoms with Crippen molar-refractivity contribution < 1.29 is 19.9 Å². The summed E-state index contributed by atoms with van der Waals surface area (Å²) in [7, 11) is 0. The molecule has 0 saturated heterocycles. The summed E-state index contributed by atoms with van der Waals surface area (Å²) in [6, 6.07) is 0. The Morgan fingerprint density at radius 1 is 1.71 bits per heavy atom. The molecule has 0 saturated carbocycles. The van der Waals surface area contributed by atoms with Gasteiger partial charge in [0.2, 0.25) is 0 Å². The molecule has 0 spiro atoms. The minimum Gasteiger partial charge on any atom is -0.358 e. The molecule has 7 heavy (non-hydrogen) atoms. The summed E-state index contributed by atoms with van der Waals surface area (Å²) in [6.07, 6.45) is 3.12. The van der Waals surface area contributed by atoms with Gasteiger partial charge in [-0.1, -0.05) is 19.7 Å². The fraction of sp³-hybridized carbons (Fsp3) is 0.667. The smallest absolute Gasteiger partial charge is 0.358 e. The Bertz CT molecular complexity index is 20.5. The van der Waals surface area contributed by atoms with Crippen molar-refractivity contribution in [1.82, 2.24) is 0 Å². The quantitative estimate of drug-likeness (QED) is 0.407. The average Bonchev–Trinajstić information content (AvgIpc) is 1.61. The number of hydrogen-bond donors (Lipinski definition) is 0. The minimum atomic E-state index is 0. The second-order valence-corrected chi connectivity index (χ2v) is 1.06. The molecule has 0 aromatic heterocycles. The molecule has 0 rings (SSSR count). The van der Waals surface area contributed by atoms with Crippen molar-refractivity contribution in [3.63, 3.8) is 0 Å². The van der Waals surface area contributed by atoms with Crippen LogP contribution < -0.4 is 0 Å². The van der Waals surface area contributed by atoms with E-state index in [4.69, 9.17) is 1.37 Å². The molecule has 0 bridgehead atoms. The topological polar surface area (TPSA) is 0 Å². The van der Waals surface area contributed by atoms with Crippen LogP contribution in [-0.4, -0.2) is 0 Å². The zero-order valence-electron chi connectivity index (χ0n) is 5.98. The molecule has 0 N–H and O–H groups in total. The zero-order chi connectivity index (χ0) is 4.83. The van der Waals surface area contributed by atoms with Gasteiger partial charge in [0.1, 0.15) is 0 Å². The van der Waals surface area contributed by atoms with Crippen molar-refractivity contribution in [2.24, 2.45) is 0 Å². The first-order valence-electron chi connectivity index (χ1n) is 2.71. The minimum absolute atomic E-state index is 0. The van der Waals surface area contributed by atoms with E-state index in [1.165, 1.54) is 0 Å². The van der Waals surface area contributed by atoms with Gasteiger partial charge in [0, 0.05) is 1.37 Å². The van der Waals surface area contributed by atoms with Crippen LogP contribution in [0.4, 0.5) is 0 Å². The van der Waals surface area contributed by atoms with E-state index in [2.05, 4.69) is 6.92 Å². The van der Waals surface area contributed by atoms with Gasteiger partial charge < -0.3 is 14.4 Å². The fourth-order valence-electron chi connectivity index (χ4n) is 0.177. The first-order chi connectivity index (χ1) is 2.91. The molecular formula is C6H14V. The Hall–Kier alpha value is 0.584. The van der Waals surface area contributed by atoms with E-state index in [0.29, 0.717) is 6.90 Å². The molecule has 43 valence electrons. The van der Waals surface area contributed by atoms with E-state index in [-0.39, 0.29) is 26.0 Å². The van der Waals surface area contributed by atoms with Crippen LogP contribution in [0.5, 0.6) is 0 Å². The SMILES string of the molecule is [3H]CCCC[CH2-].[CH3-].[V+2]. The maximum absolute atomic E-state index is 6.68. The van der Waals surface area contributed by atoms with E-state index in [0.717, 1.165) is 19.3 Å². The van der Waals surface area contributed by atoms with E-state index in [1.54, 1.807) is 0 Å². The molecule has 0 atom stereocenters. The summed E-state index contributed by atoms with van der Waals surface area (Å²) in [4.78, 5) is 0. The summed E-state index contributed by atoms with van der Waals surface area (Å²) in [5.41, 5.74) is 0. The van der Waals surface area contributed by atoms with Crippen molar-refractivity contribution in [3.8, 4) is 0 Å². The molecule has 0 amide bonds. The molecule has 1 radical (unpaired) electrons. The van der Waals surface area contributed by atoms with Gasteiger partial charge >= 0.3 is 18.6 Å². The summed E-state index contributed by atoms with van der Waals surface area (Å²) < 4.78 is 6.68. The predicted octanol–water partition coefficient (Wildman–Crippen LogP) is 2.46. The van der Waals surface area contributed by atoms with Crippen molar-refractivity contribution in [2.45, 2.75) is 26.2 Å². The van der Waals surface area contributed by atoms with Gasteiger partial charge in [0.05, 0.1) is 0 Å². The Labute approximate surface area is 61.0 Å². The largest absolute Gasteiger partial charge is 2.00 e. The first-order valence-corrected chi connectivity index (χ1v) is 2.00. The molecule has 0 nitrogen and oxygen atoms in total. The maximum atomic E-state index is 6.68. The van der Waals surface area contributed by atoms with Crippen LogP contribution in [0.1, 0.15) is 27.5 Å². The van der Waals surface area contributed by atoms with Crippen molar-refractivity contribution >= 4 is 0 Å². The second kappa shape index (κ2) is 16.0. The van der Waals surface area contributed by atoms with Gasteiger partial charge in [0.25, 0.3) is 0 Å². The zero-order valence-corrected chi connectivity index (χ0v) is 6.38. The van der Waals surface area contributed by atoms with Crippen LogP contribution in [0.25, 0.3) is 0 Å². The van der Waals surface area contributed by atoms with Crippen LogP contribution in [-0.2, 0) is 18.6 Å². The molecule has 0 aliphatic rings. The van der Waals surface area contributed by atoms with E-state index < -0.39 is 0 Å². The second-order valence-electron chi connectivity index (χ2n) is 1.06. The molecule has 0 aromatic rings. The molecule has 0 aliphatic carbocycles. The van der Waals surface area contributed by atoms with Gasteiger partial charge in [-0.2, -0.15) is 6.42 Å². The summed E-state index contributed by atoms with van der Waals surface area (Å²) >= 11 is 0. The van der Waals surface area contributed by atoms with Gasteiger partial charge in [-0.05, 0) is 0 Å². The Morgan fingerprint density at radius 2 is 2.29 bits per heavy atom. The maximum Gasteiger partial charge on any atom is 2.00 e. The van der Waals surface area contributed by atoms with Gasteiger partial charge in [0.15, 0.2) is 0 Å². The molecule has 0 aromatic carbocycles. The van der Waals surface area contributed by atoms with E-state index in [1.807, 2.05) is 0 Å². The van der Waals surface area contributed by atoms with Gasteiger partial charge in [-0.15, -0.1) is 0 Å². The average molecular weight is 139 g/mol. The Kier molecular flexibility index (Phi) is 24.1. The molecule has 0 heterocycles. The summed E-state index contributed by atoms with van der Waals surface area (Å²) in [6.45, 7) is 4.20. The van der Waals surface area contributed by atoms with Crippen LogP contribution in [0.15, 0.2) is 0 Å². The third-order valence-electron chi connectivity index (χ3n) is 0.500. The summed E-state index contributed by atoms with van der Waals surface area (Å²) in [5.74, 6) is 0. The molecule has 0 unspecified atom stereocenters. The number of unbranched alkanes of at least 4 members (excludes halogenated alkanes) is 2. The standard InChI is InChI=1S/C5H11.CH3.V/c1-3-5-4-2;;/h1,3-5H2,2H3;1H3;/q2*-1;+2/i2T;;.